The molecule has 2 heterocycles. The van der Waals surface area contributed by atoms with Gasteiger partial charge in [-0.25, -0.2) is 4.98 Å². The Morgan fingerprint density at radius 2 is 2.19 bits per heavy atom. The van der Waals surface area contributed by atoms with Gasteiger partial charge in [-0.15, -0.1) is 0 Å². The van der Waals surface area contributed by atoms with Gasteiger partial charge in [-0.2, -0.15) is 5.10 Å². The third-order valence-electron chi connectivity index (χ3n) is 5.38. The summed E-state index contributed by atoms with van der Waals surface area (Å²) in [5, 5.41) is 15.2. The van der Waals surface area contributed by atoms with Gasteiger partial charge >= 0.3 is 5.69 Å². The zero-order valence-electron chi connectivity index (χ0n) is 16.4. The van der Waals surface area contributed by atoms with Crippen molar-refractivity contribution in [3.63, 3.8) is 0 Å². The van der Waals surface area contributed by atoms with Crippen molar-refractivity contribution in [2.75, 3.05) is 17.4 Å². The van der Waals surface area contributed by atoms with Crippen molar-refractivity contribution in [3.05, 3.63) is 57.3 Å². The van der Waals surface area contributed by atoms with Crippen LogP contribution >= 0.6 is 0 Å². The van der Waals surface area contributed by atoms with Crippen LogP contribution in [0.1, 0.15) is 49.8 Å². The van der Waals surface area contributed by atoms with Gasteiger partial charge in [0.15, 0.2) is 0 Å². The fraction of sp³-hybridized carbons (Fsp3) is 0.400. The highest BCUT2D eigenvalue weighted by molar-refractivity contribution is 5.84. The van der Waals surface area contributed by atoms with E-state index >= 15 is 0 Å². The van der Waals surface area contributed by atoms with Crippen LogP contribution in [0.2, 0.25) is 0 Å². The Hall–Kier alpha value is -2.96. The van der Waals surface area contributed by atoms with E-state index in [-0.39, 0.29) is 17.0 Å². The number of nitrogens with one attached hydrogen (secondary N) is 1. The molecule has 0 amide bonds. The minimum atomic E-state index is -0.478. The van der Waals surface area contributed by atoms with Crippen LogP contribution in [0.15, 0.2) is 35.6 Å². The average Bonchev–Trinajstić information content (AvgIpc) is 2.60. The van der Waals surface area contributed by atoms with Gasteiger partial charge in [0.05, 0.1) is 11.1 Å². The lowest BCUT2D eigenvalue weighted by Gasteiger charge is -2.45. The van der Waals surface area contributed by atoms with Gasteiger partial charge in [0.25, 0.3) is 0 Å². The number of anilines is 2. The van der Waals surface area contributed by atoms with Crippen LogP contribution in [-0.4, -0.2) is 28.7 Å². The molecule has 0 saturated heterocycles. The van der Waals surface area contributed by atoms with Gasteiger partial charge in [-0.05, 0) is 68.0 Å². The molecule has 1 aliphatic rings. The Morgan fingerprint density at radius 1 is 1.44 bits per heavy atom. The molecule has 1 aromatic carbocycles. The predicted octanol–water partition coefficient (Wildman–Crippen LogP) is 4.47. The van der Waals surface area contributed by atoms with Crippen LogP contribution in [0.3, 0.4) is 0 Å². The summed E-state index contributed by atoms with van der Waals surface area (Å²) in [5.41, 5.74) is 7.35. The number of hydrogen-bond donors (Lipinski definition) is 1. The molecular weight excluding hydrogens is 342 g/mol. The van der Waals surface area contributed by atoms with E-state index in [1.807, 2.05) is 6.92 Å². The second kappa shape index (κ2) is 6.98. The first-order chi connectivity index (χ1) is 12.7. The number of benzene rings is 1. The van der Waals surface area contributed by atoms with E-state index in [1.54, 1.807) is 6.21 Å². The minimum absolute atomic E-state index is 0.103. The number of fused-ring (bicyclic) bond motifs is 1. The SMILES string of the molecule is Cc1cc2c(cc1/C=N\Nc1ncccc1[N+](=O)[O-])C(C)CC(C)(C)N2C. The third kappa shape index (κ3) is 3.63. The van der Waals surface area contributed by atoms with Crippen LogP contribution in [-0.2, 0) is 0 Å². The van der Waals surface area contributed by atoms with E-state index in [0.717, 1.165) is 17.5 Å². The molecule has 142 valence electrons. The number of pyridine rings is 1. The van der Waals surface area contributed by atoms with Crippen LogP contribution in [0.25, 0.3) is 0 Å². The van der Waals surface area contributed by atoms with E-state index in [9.17, 15) is 10.1 Å². The molecule has 3 rings (SSSR count). The molecule has 0 radical (unpaired) electrons. The fourth-order valence-corrected chi connectivity index (χ4v) is 3.67. The van der Waals surface area contributed by atoms with Gasteiger partial charge in [0, 0.05) is 30.5 Å². The molecular formula is C20H25N5O2. The van der Waals surface area contributed by atoms with Gasteiger partial charge in [0.2, 0.25) is 5.82 Å². The zero-order valence-corrected chi connectivity index (χ0v) is 16.4. The maximum Gasteiger partial charge on any atom is 0.313 e. The van der Waals surface area contributed by atoms with Gasteiger partial charge in [-0.3, -0.25) is 15.5 Å². The maximum absolute atomic E-state index is 11.1. The van der Waals surface area contributed by atoms with Crippen molar-refractivity contribution in [2.45, 2.75) is 45.6 Å². The topological polar surface area (TPSA) is 83.7 Å². The molecule has 2 aromatic rings. The van der Waals surface area contributed by atoms with Crippen LogP contribution in [0.5, 0.6) is 0 Å². The summed E-state index contributed by atoms with van der Waals surface area (Å²) in [6.45, 7) is 8.83. The summed E-state index contributed by atoms with van der Waals surface area (Å²) in [6.07, 6.45) is 4.27. The molecule has 0 fully saturated rings. The number of nitrogens with zero attached hydrogens (tertiary/aromatic N) is 4. The van der Waals surface area contributed by atoms with Crippen molar-refractivity contribution >= 4 is 23.4 Å². The van der Waals surface area contributed by atoms with Crippen molar-refractivity contribution in [3.8, 4) is 0 Å². The summed E-state index contributed by atoms with van der Waals surface area (Å²) < 4.78 is 0. The molecule has 27 heavy (non-hydrogen) atoms. The van der Waals surface area contributed by atoms with E-state index in [0.29, 0.717) is 5.92 Å². The number of hydrazone groups is 1. The number of hydrogen-bond acceptors (Lipinski definition) is 6. The Labute approximate surface area is 159 Å². The second-order valence-electron chi connectivity index (χ2n) is 7.74. The predicted molar refractivity (Wildman–Crippen MR) is 109 cm³/mol. The molecule has 0 spiro atoms. The second-order valence-corrected chi connectivity index (χ2v) is 7.74. The first-order valence-corrected chi connectivity index (χ1v) is 8.97. The normalized spacial score (nSPS) is 18.4. The Balaban J connectivity index is 1.88. The average molecular weight is 367 g/mol. The molecule has 0 bridgehead atoms. The zero-order chi connectivity index (χ0) is 19.8. The first kappa shape index (κ1) is 18.8. The minimum Gasteiger partial charge on any atom is -0.369 e. The molecule has 7 heteroatoms. The summed E-state index contributed by atoms with van der Waals surface area (Å²) in [6, 6.07) is 7.28. The van der Waals surface area contributed by atoms with Crippen molar-refractivity contribution in [2.24, 2.45) is 5.10 Å². The molecule has 0 saturated carbocycles. The Bertz CT molecular complexity index is 907. The standard InChI is InChI=1S/C20H25N5O2/c1-13-9-18-16(14(2)11-20(3,4)24(18)5)10-15(13)12-22-23-19-17(25(26)27)7-6-8-21-19/h6-10,12,14H,11H2,1-5H3,(H,21,23)/b22-12-. The summed E-state index contributed by atoms with van der Waals surface area (Å²) >= 11 is 0. The fourth-order valence-electron chi connectivity index (χ4n) is 3.67. The third-order valence-corrected chi connectivity index (χ3v) is 5.38. The maximum atomic E-state index is 11.1. The summed E-state index contributed by atoms with van der Waals surface area (Å²) in [5.74, 6) is 0.577. The number of rotatable bonds is 4. The van der Waals surface area contributed by atoms with Gasteiger partial charge in [0.1, 0.15) is 0 Å². The molecule has 1 aliphatic heterocycles. The molecule has 1 unspecified atom stereocenters. The van der Waals surface area contributed by atoms with Crippen molar-refractivity contribution in [1.29, 1.82) is 0 Å². The number of nitro groups is 1. The monoisotopic (exact) mass is 367 g/mol. The molecule has 0 aliphatic carbocycles. The molecule has 7 nitrogen and oxygen atoms in total. The van der Waals surface area contributed by atoms with Crippen molar-refractivity contribution < 1.29 is 4.92 Å². The highest BCUT2D eigenvalue weighted by atomic mass is 16.6. The number of aryl methyl sites for hydroxylation is 1. The Morgan fingerprint density at radius 3 is 2.89 bits per heavy atom. The highest BCUT2D eigenvalue weighted by Crippen LogP contribution is 2.43. The summed E-state index contributed by atoms with van der Waals surface area (Å²) in [7, 11) is 2.14. The van der Waals surface area contributed by atoms with E-state index < -0.39 is 4.92 Å². The van der Waals surface area contributed by atoms with Crippen LogP contribution in [0.4, 0.5) is 17.2 Å². The van der Waals surface area contributed by atoms with Crippen LogP contribution < -0.4 is 10.3 Å². The highest BCUT2D eigenvalue weighted by Gasteiger charge is 2.34. The van der Waals surface area contributed by atoms with E-state index in [1.165, 1.54) is 29.6 Å². The van der Waals surface area contributed by atoms with Gasteiger partial charge < -0.3 is 4.90 Å². The molecule has 1 N–H and O–H groups in total. The summed E-state index contributed by atoms with van der Waals surface area (Å²) in [4.78, 5) is 16.9. The molecule has 1 atom stereocenters. The quantitative estimate of drug-likeness (QED) is 0.490. The lowest BCUT2D eigenvalue weighted by Crippen LogP contribution is -2.45. The number of aromatic nitrogens is 1. The lowest BCUT2D eigenvalue weighted by molar-refractivity contribution is -0.384. The smallest absolute Gasteiger partial charge is 0.313 e. The first-order valence-electron chi connectivity index (χ1n) is 8.97. The van der Waals surface area contributed by atoms with E-state index in [2.05, 4.69) is 60.4 Å². The van der Waals surface area contributed by atoms with Crippen LogP contribution in [0, 0.1) is 17.0 Å². The van der Waals surface area contributed by atoms with Crippen molar-refractivity contribution in [1.82, 2.24) is 4.98 Å². The van der Waals surface area contributed by atoms with Gasteiger partial charge in [-0.1, -0.05) is 6.92 Å². The largest absolute Gasteiger partial charge is 0.369 e. The lowest BCUT2D eigenvalue weighted by atomic mass is 9.79. The molecule has 1 aromatic heterocycles. The van der Waals surface area contributed by atoms with E-state index in [4.69, 9.17) is 0 Å². The Kier molecular flexibility index (Phi) is 4.87.